The summed E-state index contributed by atoms with van der Waals surface area (Å²) >= 11 is 0. The second-order valence-corrected chi connectivity index (χ2v) is 5.45. The monoisotopic (exact) mass is 266 g/mol. The van der Waals surface area contributed by atoms with Crippen LogP contribution in [0.3, 0.4) is 0 Å². The fourth-order valence-corrected chi connectivity index (χ4v) is 3.08. The maximum Gasteiger partial charge on any atom is 0.180 e. The Bertz CT molecular complexity index is 738. The zero-order chi connectivity index (χ0) is 13.4. The highest BCUT2D eigenvalue weighted by atomic mass is 15.2. The van der Waals surface area contributed by atoms with E-state index >= 15 is 0 Å². The zero-order valence-electron chi connectivity index (χ0n) is 11.5. The lowest BCUT2D eigenvalue weighted by Crippen LogP contribution is -2.25. The highest BCUT2D eigenvalue weighted by Gasteiger charge is 2.17. The quantitative estimate of drug-likeness (QED) is 0.678. The van der Waals surface area contributed by atoms with Crippen LogP contribution in [0.4, 0.5) is 5.82 Å². The van der Waals surface area contributed by atoms with Gasteiger partial charge in [-0.3, -0.25) is 4.40 Å². The number of imidazole rings is 1. The third-order valence-corrected chi connectivity index (χ3v) is 4.11. The number of rotatable bonds is 1. The fourth-order valence-electron chi connectivity index (χ4n) is 3.08. The first-order valence-corrected chi connectivity index (χ1v) is 7.40. The van der Waals surface area contributed by atoms with Crippen LogP contribution in [-0.4, -0.2) is 27.5 Å². The Balaban J connectivity index is 1.94. The van der Waals surface area contributed by atoms with Crippen LogP contribution in [0.15, 0.2) is 36.7 Å². The van der Waals surface area contributed by atoms with Crippen molar-refractivity contribution in [3.8, 4) is 0 Å². The molecule has 0 atom stereocenters. The molecule has 0 aliphatic carbocycles. The average molecular weight is 266 g/mol. The summed E-state index contributed by atoms with van der Waals surface area (Å²) in [5.41, 5.74) is 3.14. The first-order chi connectivity index (χ1) is 9.93. The highest BCUT2D eigenvalue weighted by molar-refractivity contribution is 5.83. The van der Waals surface area contributed by atoms with Crippen LogP contribution in [-0.2, 0) is 0 Å². The molecule has 4 heteroatoms. The predicted molar refractivity (Wildman–Crippen MR) is 81.2 cm³/mol. The van der Waals surface area contributed by atoms with E-state index in [1.54, 1.807) is 0 Å². The van der Waals surface area contributed by atoms with Crippen LogP contribution >= 0.6 is 0 Å². The molecule has 1 saturated heterocycles. The number of anilines is 1. The average Bonchev–Trinajstić information content (AvgIpc) is 2.82. The maximum absolute atomic E-state index is 4.88. The van der Waals surface area contributed by atoms with Crippen molar-refractivity contribution in [2.24, 2.45) is 0 Å². The van der Waals surface area contributed by atoms with Gasteiger partial charge in [0.2, 0.25) is 0 Å². The van der Waals surface area contributed by atoms with E-state index in [4.69, 9.17) is 4.98 Å². The van der Waals surface area contributed by atoms with Gasteiger partial charge < -0.3 is 4.90 Å². The fraction of sp³-hybridized carbons (Fsp3) is 0.375. The summed E-state index contributed by atoms with van der Waals surface area (Å²) in [6, 6.07) is 8.28. The molecule has 2 aromatic heterocycles. The maximum atomic E-state index is 4.88. The molecule has 1 aliphatic heterocycles. The van der Waals surface area contributed by atoms with Crippen LogP contribution < -0.4 is 4.90 Å². The normalized spacial score (nSPS) is 16.7. The van der Waals surface area contributed by atoms with Crippen LogP contribution in [0.1, 0.15) is 25.7 Å². The first-order valence-electron chi connectivity index (χ1n) is 7.40. The van der Waals surface area contributed by atoms with Crippen LogP contribution in [0.25, 0.3) is 16.7 Å². The van der Waals surface area contributed by atoms with Gasteiger partial charge in [0, 0.05) is 25.5 Å². The Morgan fingerprint density at radius 1 is 0.950 bits per heavy atom. The predicted octanol–water partition coefficient (Wildman–Crippen LogP) is 3.26. The molecule has 3 aromatic rings. The molecule has 0 saturated carbocycles. The summed E-state index contributed by atoms with van der Waals surface area (Å²) in [4.78, 5) is 11.8. The molecule has 0 N–H and O–H groups in total. The Kier molecular flexibility index (Phi) is 2.80. The SMILES string of the molecule is c1ccc2c(c1)nc(N1CCCCCC1)c1nccn12. The van der Waals surface area contributed by atoms with E-state index in [1.807, 2.05) is 18.5 Å². The van der Waals surface area contributed by atoms with Crippen molar-refractivity contribution in [3.05, 3.63) is 36.7 Å². The van der Waals surface area contributed by atoms with Crippen molar-refractivity contribution in [1.29, 1.82) is 0 Å². The molecule has 0 bridgehead atoms. The van der Waals surface area contributed by atoms with Gasteiger partial charge in [0.05, 0.1) is 11.0 Å². The minimum absolute atomic E-state index is 0.977. The van der Waals surface area contributed by atoms with Gasteiger partial charge in [0.1, 0.15) is 0 Å². The molecule has 4 rings (SSSR count). The van der Waals surface area contributed by atoms with E-state index in [0.717, 1.165) is 35.6 Å². The molecule has 1 aromatic carbocycles. The minimum atomic E-state index is 0.977. The molecule has 0 spiro atoms. The van der Waals surface area contributed by atoms with E-state index in [0.29, 0.717) is 0 Å². The standard InChI is InChI=1S/C16H18N4/c1-2-6-11-19(10-5-1)16-15-17-9-12-20(15)14-8-4-3-7-13(14)18-16/h3-4,7-9,12H,1-2,5-6,10-11H2. The summed E-state index contributed by atoms with van der Waals surface area (Å²) in [6.07, 6.45) is 9.05. The molecule has 4 nitrogen and oxygen atoms in total. The summed E-state index contributed by atoms with van der Waals surface area (Å²) in [7, 11) is 0. The lowest BCUT2D eigenvalue weighted by Gasteiger charge is -2.22. The summed E-state index contributed by atoms with van der Waals surface area (Å²) in [6.45, 7) is 2.18. The largest absolute Gasteiger partial charge is 0.354 e. The molecule has 20 heavy (non-hydrogen) atoms. The summed E-state index contributed by atoms with van der Waals surface area (Å²) in [5, 5.41) is 0. The van der Waals surface area contributed by atoms with Crippen LogP contribution in [0.2, 0.25) is 0 Å². The van der Waals surface area contributed by atoms with E-state index in [-0.39, 0.29) is 0 Å². The highest BCUT2D eigenvalue weighted by Crippen LogP contribution is 2.25. The van der Waals surface area contributed by atoms with Gasteiger partial charge in [-0.2, -0.15) is 0 Å². The van der Waals surface area contributed by atoms with Crippen molar-refractivity contribution in [2.75, 3.05) is 18.0 Å². The van der Waals surface area contributed by atoms with Crippen molar-refractivity contribution in [3.63, 3.8) is 0 Å². The van der Waals surface area contributed by atoms with Crippen molar-refractivity contribution in [1.82, 2.24) is 14.4 Å². The van der Waals surface area contributed by atoms with Crippen molar-refractivity contribution < 1.29 is 0 Å². The van der Waals surface area contributed by atoms with Crippen LogP contribution in [0.5, 0.6) is 0 Å². The van der Waals surface area contributed by atoms with Crippen molar-refractivity contribution in [2.45, 2.75) is 25.7 Å². The Hall–Kier alpha value is -2.10. The van der Waals surface area contributed by atoms with Crippen molar-refractivity contribution >= 4 is 22.5 Å². The van der Waals surface area contributed by atoms with Crippen LogP contribution in [0, 0.1) is 0 Å². The molecule has 3 heterocycles. The molecule has 102 valence electrons. The number of nitrogens with zero attached hydrogens (tertiary/aromatic N) is 4. The lowest BCUT2D eigenvalue weighted by atomic mass is 10.2. The topological polar surface area (TPSA) is 33.4 Å². The molecule has 0 amide bonds. The third kappa shape index (κ3) is 1.83. The molecular formula is C16H18N4. The van der Waals surface area contributed by atoms with E-state index in [9.17, 15) is 0 Å². The van der Waals surface area contributed by atoms with Gasteiger partial charge in [-0.1, -0.05) is 25.0 Å². The Labute approximate surface area is 118 Å². The van der Waals surface area contributed by atoms with E-state index in [2.05, 4.69) is 32.5 Å². The van der Waals surface area contributed by atoms with Gasteiger partial charge in [-0.25, -0.2) is 9.97 Å². The van der Waals surface area contributed by atoms with Gasteiger partial charge in [-0.05, 0) is 25.0 Å². The third-order valence-electron chi connectivity index (χ3n) is 4.11. The number of benzene rings is 1. The van der Waals surface area contributed by atoms with Gasteiger partial charge in [0.15, 0.2) is 11.5 Å². The molecule has 0 unspecified atom stereocenters. The molecular weight excluding hydrogens is 248 g/mol. The number of aromatic nitrogens is 3. The van der Waals surface area contributed by atoms with Gasteiger partial charge >= 0.3 is 0 Å². The number of para-hydroxylation sites is 2. The molecule has 1 fully saturated rings. The number of fused-ring (bicyclic) bond motifs is 3. The zero-order valence-corrected chi connectivity index (χ0v) is 11.5. The molecule has 0 radical (unpaired) electrons. The second kappa shape index (κ2) is 4.78. The first kappa shape index (κ1) is 11.7. The van der Waals surface area contributed by atoms with Gasteiger partial charge in [-0.15, -0.1) is 0 Å². The van der Waals surface area contributed by atoms with Gasteiger partial charge in [0.25, 0.3) is 0 Å². The Morgan fingerprint density at radius 3 is 2.60 bits per heavy atom. The number of hydrogen-bond acceptors (Lipinski definition) is 3. The lowest BCUT2D eigenvalue weighted by molar-refractivity contribution is 0.726. The summed E-state index contributed by atoms with van der Waals surface area (Å²) < 4.78 is 2.16. The minimum Gasteiger partial charge on any atom is -0.354 e. The smallest absolute Gasteiger partial charge is 0.180 e. The Morgan fingerprint density at radius 2 is 1.75 bits per heavy atom. The second-order valence-electron chi connectivity index (χ2n) is 5.45. The number of hydrogen-bond donors (Lipinski definition) is 0. The van der Waals surface area contributed by atoms with E-state index in [1.165, 1.54) is 25.7 Å². The summed E-state index contributed by atoms with van der Waals surface area (Å²) in [5.74, 6) is 1.04. The van der Waals surface area contributed by atoms with E-state index < -0.39 is 0 Å². The molecule has 1 aliphatic rings.